The Bertz CT molecular complexity index is 880. The van der Waals surface area contributed by atoms with Crippen LogP contribution in [0, 0.1) is 0 Å². The number of anilines is 2. The highest BCUT2D eigenvalue weighted by Crippen LogP contribution is 2.36. The first-order valence-corrected chi connectivity index (χ1v) is 10.4. The normalized spacial score (nSPS) is 11.5. The monoisotopic (exact) mass is 387 g/mol. The summed E-state index contributed by atoms with van der Waals surface area (Å²) in [4.78, 5) is 21.1. The Balaban J connectivity index is 1.93. The molecule has 0 fully saturated rings. The molecule has 0 aliphatic rings. The number of thiazole rings is 1. The van der Waals surface area contributed by atoms with Crippen molar-refractivity contribution in [3.05, 3.63) is 40.3 Å². The first-order valence-electron chi connectivity index (χ1n) is 8.79. The fraction of sp³-hybridized carbons (Fsp3) is 0.400. The number of benzene rings is 1. The van der Waals surface area contributed by atoms with Gasteiger partial charge in [-0.2, -0.15) is 0 Å². The highest BCUT2D eigenvalue weighted by molar-refractivity contribution is 7.29. The summed E-state index contributed by atoms with van der Waals surface area (Å²) in [6, 6.07) is 8.23. The lowest BCUT2D eigenvalue weighted by Crippen LogP contribution is -2.14. The van der Waals surface area contributed by atoms with Crippen LogP contribution in [0.1, 0.15) is 60.3 Å². The maximum atomic E-state index is 12.9. The van der Waals surface area contributed by atoms with Crippen LogP contribution in [0.3, 0.4) is 0 Å². The molecule has 0 saturated heterocycles. The molecular weight excluding hydrogens is 362 g/mol. The molecule has 3 rings (SSSR count). The second-order valence-corrected chi connectivity index (χ2v) is 9.29. The predicted molar refractivity (Wildman–Crippen MR) is 114 cm³/mol. The fourth-order valence-electron chi connectivity index (χ4n) is 2.90. The van der Waals surface area contributed by atoms with Gasteiger partial charge in [-0.15, -0.1) is 11.3 Å². The van der Waals surface area contributed by atoms with Gasteiger partial charge in [-0.05, 0) is 29.0 Å². The van der Waals surface area contributed by atoms with E-state index in [9.17, 15) is 4.79 Å². The largest absolute Gasteiger partial charge is 0.354 e. The zero-order valence-corrected chi connectivity index (χ0v) is 17.7. The van der Waals surface area contributed by atoms with Gasteiger partial charge >= 0.3 is 0 Å². The number of hydrogen-bond donors (Lipinski definition) is 1. The smallest absolute Gasteiger partial charge is 0.265 e. The van der Waals surface area contributed by atoms with Gasteiger partial charge in [-0.3, -0.25) is 4.79 Å². The molecule has 1 aromatic carbocycles. The summed E-state index contributed by atoms with van der Waals surface area (Å²) < 4.78 is 1.06. The average molecular weight is 388 g/mol. The summed E-state index contributed by atoms with van der Waals surface area (Å²) in [5.74, 6) is 0.641. The minimum atomic E-state index is -0.0541. The molecule has 0 spiro atoms. The van der Waals surface area contributed by atoms with Crippen molar-refractivity contribution in [1.29, 1.82) is 0 Å². The summed E-state index contributed by atoms with van der Waals surface area (Å²) in [5.41, 5.74) is 3.31. The van der Waals surface area contributed by atoms with Gasteiger partial charge < -0.3 is 10.2 Å². The van der Waals surface area contributed by atoms with E-state index < -0.39 is 0 Å². The van der Waals surface area contributed by atoms with Crippen molar-refractivity contribution in [2.24, 2.45) is 0 Å². The van der Waals surface area contributed by atoms with Crippen LogP contribution in [-0.4, -0.2) is 25.0 Å². The van der Waals surface area contributed by atoms with E-state index in [2.05, 4.69) is 56.2 Å². The third kappa shape index (κ3) is 3.62. The average Bonchev–Trinajstić information content (AvgIpc) is 3.13. The van der Waals surface area contributed by atoms with Crippen LogP contribution >= 0.6 is 22.7 Å². The molecule has 0 radical (unpaired) electrons. The quantitative estimate of drug-likeness (QED) is 0.591. The third-order valence-electron chi connectivity index (χ3n) is 4.30. The second-order valence-electron chi connectivity index (χ2n) is 7.25. The van der Waals surface area contributed by atoms with E-state index >= 15 is 0 Å². The van der Waals surface area contributed by atoms with E-state index in [0.717, 1.165) is 20.3 Å². The second kappa shape index (κ2) is 7.37. The predicted octanol–water partition coefficient (Wildman–Crippen LogP) is 5.92. The van der Waals surface area contributed by atoms with Crippen LogP contribution in [0.15, 0.2) is 24.3 Å². The number of carbonyl (C=O) groups is 1. The number of fused-ring (bicyclic) bond motifs is 1. The van der Waals surface area contributed by atoms with E-state index in [1.54, 1.807) is 11.3 Å². The lowest BCUT2D eigenvalue weighted by atomic mass is 9.92. The summed E-state index contributed by atoms with van der Waals surface area (Å²) in [7, 11) is 3.96. The zero-order chi connectivity index (χ0) is 19.0. The highest BCUT2D eigenvalue weighted by atomic mass is 32.1. The first-order chi connectivity index (χ1) is 12.3. The van der Waals surface area contributed by atoms with Crippen LogP contribution in [0.5, 0.6) is 0 Å². The Hall–Kier alpha value is -1.92. The van der Waals surface area contributed by atoms with E-state index in [0.29, 0.717) is 16.7 Å². The molecule has 3 aromatic rings. The van der Waals surface area contributed by atoms with Crippen LogP contribution in [0.25, 0.3) is 9.53 Å². The van der Waals surface area contributed by atoms with Gasteiger partial charge in [0.25, 0.3) is 5.91 Å². The summed E-state index contributed by atoms with van der Waals surface area (Å²) in [5, 5.41) is 4.15. The number of carbonyl (C=O) groups excluding carboxylic acids is 1. The maximum Gasteiger partial charge on any atom is 0.265 e. The summed E-state index contributed by atoms with van der Waals surface area (Å²) >= 11 is 3.06. The lowest BCUT2D eigenvalue weighted by Gasteiger charge is -2.19. The standard InChI is InChI=1S/C20H25N3OS2/c1-11(2)13-8-7-9-14(12(3)4)17(13)21-18(24)15-10-16-19(25-15)22-20(26-16)23(5)6/h7-12H,1-6H3,(H,21,24). The topological polar surface area (TPSA) is 45.2 Å². The molecule has 2 heterocycles. The van der Waals surface area contributed by atoms with Crippen molar-refractivity contribution in [2.75, 3.05) is 24.3 Å². The van der Waals surface area contributed by atoms with Gasteiger partial charge in [-0.1, -0.05) is 57.2 Å². The van der Waals surface area contributed by atoms with Crippen molar-refractivity contribution in [2.45, 2.75) is 39.5 Å². The molecule has 0 atom stereocenters. The molecule has 0 unspecified atom stereocenters. The molecule has 2 aromatic heterocycles. The van der Waals surface area contributed by atoms with Crippen molar-refractivity contribution >= 4 is 48.9 Å². The van der Waals surface area contributed by atoms with E-state index in [1.165, 1.54) is 22.5 Å². The van der Waals surface area contributed by atoms with Crippen LogP contribution in [-0.2, 0) is 0 Å². The minimum Gasteiger partial charge on any atom is -0.354 e. The van der Waals surface area contributed by atoms with E-state index in [4.69, 9.17) is 0 Å². The fourth-order valence-corrected chi connectivity index (χ4v) is 4.93. The maximum absolute atomic E-state index is 12.9. The Kier molecular flexibility index (Phi) is 5.34. The molecule has 4 nitrogen and oxygen atoms in total. The molecule has 1 amide bonds. The molecule has 6 heteroatoms. The molecule has 138 valence electrons. The molecule has 0 aliphatic carbocycles. The zero-order valence-electron chi connectivity index (χ0n) is 16.1. The lowest BCUT2D eigenvalue weighted by molar-refractivity contribution is 0.103. The van der Waals surface area contributed by atoms with Crippen molar-refractivity contribution in [3.63, 3.8) is 0 Å². The molecule has 0 saturated carbocycles. The van der Waals surface area contributed by atoms with Gasteiger partial charge in [0, 0.05) is 19.8 Å². The molecule has 0 bridgehead atoms. The van der Waals surface area contributed by atoms with Crippen LogP contribution in [0.2, 0.25) is 0 Å². The number of nitrogens with zero attached hydrogens (tertiary/aromatic N) is 2. The number of rotatable bonds is 5. The number of para-hydroxylation sites is 1. The Morgan fingerprint density at radius 3 is 2.19 bits per heavy atom. The Morgan fingerprint density at radius 2 is 1.69 bits per heavy atom. The SMILES string of the molecule is CC(C)c1cccc(C(C)C)c1NC(=O)c1cc2sc(N(C)C)nc2s1. The molecule has 1 N–H and O–H groups in total. The van der Waals surface area contributed by atoms with E-state index in [-0.39, 0.29) is 5.91 Å². The molecule has 0 aliphatic heterocycles. The number of amides is 1. The van der Waals surface area contributed by atoms with Crippen molar-refractivity contribution in [3.8, 4) is 0 Å². The highest BCUT2D eigenvalue weighted by Gasteiger charge is 2.19. The minimum absolute atomic E-state index is 0.0541. The number of thiophene rings is 1. The summed E-state index contributed by atoms with van der Waals surface area (Å²) in [6.07, 6.45) is 0. The number of aromatic nitrogens is 1. The Morgan fingerprint density at radius 1 is 1.08 bits per heavy atom. The van der Waals surface area contributed by atoms with Crippen LogP contribution in [0.4, 0.5) is 10.8 Å². The van der Waals surface area contributed by atoms with E-state index in [1.807, 2.05) is 25.1 Å². The van der Waals surface area contributed by atoms with Crippen LogP contribution < -0.4 is 10.2 Å². The van der Waals surface area contributed by atoms with Gasteiger partial charge in [0.2, 0.25) is 0 Å². The number of nitrogens with one attached hydrogen (secondary N) is 1. The molecular formula is C20H25N3OS2. The third-order valence-corrected chi connectivity index (χ3v) is 6.62. The van der Waals surface area contributed by atoms with Gasteiger partial charge in [-0.25, -0.2) is 4.98 Å². The number of hydrogen-bond acceptors (Lipinski definition) is 5. The summed E-state index contributed by atoms with van der Waals surface area (Å²) in [6.45, 7) is 8.62. The molecule has 26 heavy (non-hydrogen) atoms. The first kappa shape index (κ1) is 18.9. The van der Waals surface area contributed by atoms with Gasteiger partial charge in [0.1, 0.15) is 4.83 Å². The van der Waals surface area contributed by atoms with Crippen molar-refractivity contribution in [1.82, 2.24) is 4.98 Å². The van der Waals surface area contributed by atoms with Crippen molar-refractivity contribution < 1.29 is 4.79 Å². The Labute approximate surface area is 162 Å². The van der Waals surface area contributed by atoms with Gasteiger partial charge in [0.15, 0.2) is 5.13 Å². The van der Waals surface area contributed by atoms with Gasteiger partial charge in [0.05, 0.1) is 9.58 Å².